The molecule has 0 radical (unpaired) electrons. The van der Waals surface area contributed by atoms with Crippen LogP contribution >= 0.6 is 0 Å². The third kappa shape index (κ3) is 4.92. The highest BCUT2D eigenvalue weighted by atomic mass is 19.4. The summed E-state index contributed by atoms with van der Waals surface area (Å²) in [6, 6.07) is 1.88. The number of alkyl halides is 3. The van der Waals surface area contributed by atoms with Crippen molar-refractivity contribution in [1.82, 2.24) is 10.2 Å². The van der Waals surface area contributed by atoms with Crippen molar-refractivity contribution < 1.29 is 18.0 Å². The second-order valence-corrected chi connectivity index (χ2v) is 4.37. The van der Waals surface area contributed by atoms with Crippen molar-refractivity contribution in [1.29, 1.82) is 5.26 Å². The number of halogens is 3. The normalized spacial score (nSPS) is 21.3. The molecule has 0 aromatic carbocycles. The fourth-order valence-electron chi connectivity index (χ4n) is 1.98. The number of likely N-dealkylation sites (tertiary alicyclic amines) is 1. The maximum absolute atomic E-state index is 12.5. The predicted octanol–water partition coefficient (Wildman–Crippen LogP) is 1.29. The lowest BCUT2D eigenvalue weighted by molar-refractivity contribution is -0.187. The van der Waals surface area contributed by atoms with E-state index in [0.717, 1.165) is 0 Å². The van der Waals surface area contributed by atoms with E-state index >= 15 is 0 Å². The van der Waals surface area contributed by atoms with Gasteiger partial charge in [-0.1, -0.05) is 0 Å². The van der Waals surface area contributed by atoms with Crippen molar-refractivity contribution in [2.75, 3.05) is 26.2 Å². The smallest absolute Gasteiger partial charge is 0.354 e. The molecule has 1 heterocycles. The van der Waals surface area contributed by atoms with E-state index in [1.54, 1.807) is 0 Å². The lowest BCUT2D eigenvalue weighted by Gasteiger charge is -2.33. The number of carbonyl (C=O) groups excluding carboxylic acids is 1. The first-order valence-electron chi connectivity index (χ1n) is 5.86. The minimum atomic E-state index is -4.18. The van der Waals surface area contributed by atoms with Crippen molar-refractivity contribution in [3.63, 3.8) is 0 Å². The highest BCUT2D eigenvalue weighted by molar-refractivity contribution is 5.78. The van der Waals surface area contributed by atoms with Gasteiger partial charge < -0.3 is 5.32 Å². The number of nitrogens with one attached hydrogen (secondary N) is 1. The number of carbonyl (C=O) groups is 1. The first kappa shape index (κ1) is 14.8. The molecule has 18 heavy (non-hydrogen) atoms. The van der Waals surface area contributed by atoms with Gasteiger partial charge >= 0.3 is 6.18 Å². The van der Waals surface area contributed by atoms with E-state index in [-0.39, 0.29) is 38.4 Å². The summed E-state index contributed by atoms with van der Waals surface area (Å²) < 4.78 is 37.6. The van der Waals surface area contributed by atoms with E-state index in [4.69, 9.17) is 5.26 Å². The predicted molar refractivity (Wildman–Crippen MR) is 58.5 cm³/mol. The SMILES string of the molecule is N#CCCNC(=O)CN1CCCC(C(F)(F)F)C1. The Hall–Kier alpha value is -1.29. The highest BCUT2D eigenvalue weighted by Gasteiger charge is 2.41. The fraction of sp³-hybridized carbons (Fsp3) is 0.818. The highest BCUT2D eigenvalue weighted by Crippen LogP contribution is 2.32. The fourth-order valence-corrected chi connectivity index (χ4v) is 1.98. The van der Waals surface area contributed by atoms with Crippen LogP contribution in [0.2, 0.25) is 0 Å². The van der Waals surface area contributed by atoms with E-state index in [0.29, 0.717) is 13.0 Å². The molecule has 1 N–H and O–H groups in total. The van der Waals surface area contributed by atoms with E-state index < -0.39 is 12.1 Å². The van der Waals surface area contributed by atoms with Gasteiger partial charge in [-0.3, -0.25) is 9.69 Å². The number of piperidine rings is 1. The van der Waals surface area contributed by atoms with Crippen LogP contribution in [0.15, 0.2) is 0 Å². The molecule has 1 amide bonds. The van der Waals surface area contributed by atoms with Gasteiger partial charge in [0.15, 0.2) is 0 Å². The lowest BCUT2D eigenvalue weighted by atomic mass is 9.97. The summed E-state index contributed by atoms with van der Waals surface area (Å²) in [5.41, 5.74) is 0. The summed E-state index contributed by atoms with van der Waals surface area (Å²) in [4.78, 5) is 12.9. The Morgan fingerprint density at radius 1 is 1.50 bits per heavy atom. The molecular weight excluding hydrogens is 247 g/mol. The molecule has 1 fully saturated rings. The summed E-state index contributed by atoms with van der Waals surface area (Å²) in [5, 5.41) is 10.8. The van der Waals surface area contributed by atoms with Crippen LogP contribution in [0.4, 0.5) is 13.2 Å². The lowest BCUT2D eigenvalue weighted by Crippen LogP contribution is -2.46. The maximum Gasteiger partial charge on any atom is 0.393 e. The Labute approximate surface area is 104 Å². The number of nitriles is 1. The quantitative estimate of drug-likeness (QED) is 0.778. The molecule has 1 rings (SSSR count). The average Bonchev–Trinajstić information content (AvgIpc) is 2.28. The van der Waals surface area contributed by atoms with Gasteiger partial charge in [-0.2, -0.15) is 18.4 Å². The second kappa shape index (κ2) is 6.59. The number of hydrogen-bond donors (Lipinski definition) is 1. The number of nitrogens with zero attached hydrogens (tertiary/aromatic N) is 2. The van der Waals surface area contributed by atoms with Crippen molar-refractivity contribution in [2.24, 2.45) is 5.92 Å². The molecule has 0 bridgehead atoms. The zero-order valence-corrected chi connectivity index (χ0v) is 9.96. The molecule has 7 heteroatoms. The summed E-state index contributed by atoms with van der Waals surface area (Å²) in [6.07, 6.45) is -3.39. The van der Waals surface area contributed by atoms with E-state index in [9.17, 15) is 18.0 Å². The first-order valence-corrected chi connectivity index (χ1v) is 5.86. The van der Waals surface area contributed by atoms with E-state index in [1.165, 1.54) is 4.90 Å². The molecule has 0 aliphatic carbocycles. The van der Waals surface area contributed by atoms with Gasteiger partial charge in [-0.15, -0.1) is 0 Å². The maximum atomic E-state index is 12.5. The molecule has 0 saturated carbocycles. The molecule has 102 valence electrons. The Bertz CT molecular complexity index is 324. The Morgan fingerprint density at radius 2 is 2.22 bits per heavy atom. The van der Waals surface area contributed by atoms with Gasteiger partial charge in [0.05, 0.1) is 25.0 Å². The second-order valence-electron chi connectivity index (χ2n) is 4.37. The first-order chi connectivity index (χ1) is 8.43. The average molecular weight is 263 g/mol. The van der Waals surface area contributed by atoms with Gasteiger partial charge in [-0.25, -0.2) is 0 Å². The monoisotopic (exact) mass is 263 g/mol. The van der Waals surface area contributed by atoms with Gasteiger partial charge in [-0.05, 0) is 19.4 Å². The van der Waals surface area contributed by atoms with Crippen LogP contribution in [0.3, 0.4) is 0 Å². The third-order valence-corrected chi connectivity index (χ3v) is 2.89. The van der Waals surface area contributed by atoms with Crippen LogP contribution in [-0.2, 0) is 4.79 Å². The van der Waals surface area contributed by atoms with Crippen LogP contribution in [0.25, 0.3) is 0 Å². The van der Waals surface area contributed by atoms with Crippen LogP contribution in [0.5, 0.6) is 0 Å². The molecule has 0 spiro atoms. The van der Waals surface area contributed by atoms with Gasteiger partial charge in [0.25, 0.3) is 0 Å². The van der Waals surface area contributed by atoms with Gasteiger partial charge in [0.1, 0.15) is 0 Å². The summed E-state index contributed by atoms with van der Waals surface area (Å²) in [6.45, 7) is 0.608. The molecule has 4 nitrogen and oxygen atoms in total. The molecule has 1 saturated heterocycles. The van der Waals surface area contributed by atoms with Gasteiger partial charge in [0.2, 0.25) is 5.91 Å². The summed E-state index contributed by atoms with van der Waals surface area (Å²) in [5.74, 6) is -1.66. The topological polar surface area (TPSA) is 56.1 Å². The zero-order chi connectivity index (χ0) is 13.6. The number of hydrogen-bond acceptors (Lipinski definition) is 3. The Morgan fingerprint density at radius 3 is 2.83 bits per heavy atom. The summed E-state index contributed by atoms with van der Waals surface area (Å²) >= 11 is 0. The van der Waals surface area contributed by atoms with Gasteiger partial charge in [0, 0.05) is 13.1 Å². The molecule has 1 unspecified atom stereocenters. The minimum absolute atomic E-state index is 0.0298. The number of rotatable bonds is 4. The van der Waals surface area contributed by atoms with Crippen LogP contribution in [0.1, 0.15) is 19.3 Å². The zero-order valence-electron chi connectivity index (χ0n) is 9.96. The summed E-state index contributed by atoms with van der Waals surface area (Å²) in [7, 11) is 0. The molecule has 0 aromatic heterocycles. The number of amides is 1. The molecule has 1 aliphatic heterocycles. The van der Waals surface area contributed by atoms with E-state index in [1.807, 2.05) is 6.07 Å². The van der Waals surface area contributed by atoms with Crippen LogP contribution in [-0.4, -0.2) is 43.2 Å². The largest absolute Gasteiger partial charge is 0.393 e. The Balaban J connectivity index is 2.34. The van der Waals surface area contributed by atoms with Crippen molar-refractivity contribution in [2.45, 2.75) is 25.4 Å². The minimum Gasteiger partial charge on any atom is -0.354 e. The third-order valence-electron chi connectivity index (χ3n) is 2.89. The molecule has 1 aliphatic rings. The molecule has 1 atom stereocenters. The van der Waals surface area contributed by atoms with Crippen LogP contribution in [0, 0.1) is 17.2 Å². The standard InChI is InChI=1S/C11H16F3N3O/c12-11(13,14)9-3-1-6-17(7-9)8-10(18)16-5-2-4-15/h9H,1-3,5-8H2,(H,16,18). The van der Waals surface area contributed by atoms with Crippen LogP contribution < -0.4 is 5.32 Å². The van der Waals surface area contributed by atoms with Crippen molar-refractivity contribution >= 4 is 5.91 Å². The van der Waals surface area contributed by atoms with Crippen molar-refractivity contribution in [3.8, 4) is 6.07 Å². The molecule has 0 aromatic rings. The molecular formula is C11H16F3N3O. The van der Waals surface area contributed by atoms with E-state index in [2.05, 4.69) is 5.32 Å². The van der Waals surface area contributed by atoms with Crippen molar-refractivity contribution in [3.05, 3.63) is 0 Å². The Kier molecular flexibility index (Phi) is 5.41.